The highest BCUT2D eigenvalue weighted by molar-refractivity contribution is 7.99. The van der Waals surface area contributed by atoms with Crippen LogP contribution in [0.1, 0.15) is 5.56 Å². The summed E-state index contributed by atoms with van der Waals surface area (Å²) in [7, 11) is 1.48. The number of aliphatic carboxylic acids is 1. The number of carboxylic acid groups (broad SMARTS) is 1. The first kappa shape index (κ1) is 16.2. The molecule has 0 saturated carbocycles. The molecule has 1 atom stereocenters. The minimum Gasteiger partial charge on any atom is -0.497 e. The quantitative estimate of drug-likeness (QED) is 0.559. The van der Waals surface area contributed by atoms with E-state index >= 15 is 0 Å². The summed E-state index contributed by atoms with van der Waals surface area (Å²) in [5.41, 5.74) is 4.63. The Bertz CT molecular complexity index is 677. The number of para-hydroxylation sites is 1. The molecule has 22 heavy (non-hydrogen) atoms. The third kappa shape index (κ3) is 3.35. The van der Waals surface area contributed by atoms with Crippen LogP contribution in [0.4, 0.5) is 5.69 Å². The molecule has 6 heteroatoms. The highest BCUT2D eigenvalue weighted by Gasteiger charge is 2.38. The van der Waals surface area contributed by atoms with Crippen molar-refractivity contribution in [2.75, 3.05) is 18.6 Å². The van der Waals surface area contributed by atoms with Crippen LogP contribution in [0, 0.1) is 0 Å². The summed E-state index contributed by atoms with van der Waals surface area (Å²) in [5, 5.41) is 20.1. The van der Waals surface area contributed by atoms with E-state index in [1.165, 1.54) is 24.9 Å². The van der Waals surface area contributed by atoms with Crippen LogP contribution in [0.25, 0.3) is 0 Å². The van der Waals surface area contributed by atoms with Crippen LogP contribution in [-0.2, 0) is 10.4 Å². The molecule has 0 saturated heterocycles. The second-order valence-corrected chi connectivity index (χ2v) is 5.74. The van der Waals surface area contributed by atoms with E-state index in [2.05, 4.69) is 0 Å². The van der Waals surface area contributed by atoms with Gasteiger partial charge in [0, 0.05) is 16.3 Å². The molecule has 0 fully saturated rings. The van der Waals surface area contributed by atoms with Crippen molar-refractivity contribution in [3.05, 3.63) is 54.1 Å². The van der Waals surface area contributed by atoms with Gasteiger partial charge in [-0.3, -0.25) is 0 Å². The number of nitrogen functional groups attached to an aromatic ring is 1. The largest absolute Gasteiger partial charge is 0.497 e. The number of benzene rings is 2. The van der Waals surface area contributed by atoms with Gasteiger partial charge in [0.1, 0.15) is 5.75 Å². The Kier molecular flexibility index (Phi) is 4.95. The lowest BCUT2D eigenvalue weighted by atomic mass is 9.96. The molecule has 0 aliphatic rings. The number of carboxylic acids is 1. The summed E-state index contributed by atoms with van der Waals surface area (Å²) in [4.78, 5) is 12.3. The summed E-state index contributed by atoms with van der Waals surface area (Å²) < 4.78 is 5.08. The highest BCUT2D eigenvalue weighted by atomic mass is 32.2. The molecule has 0 aromatic heterocycles. The first-order valence-corrected chi connectivity index (χ1v) is 7.53. The first-order chi connectivity index (χ1) is 10.5. The molecule has 0 bridgehead atoms. The Labute approximate surface area is 132 Å². The van der Waals surface area contributed by atoms with Crippen LogP contribution < -0.4 is 10.5 Å². The number of thioether (sulfide) groups is 1. The zero-order chi connectivity index (χ0) is 16.2. The van der Waals surface area contributed by atoms with Crippen molar-refractivity contribution >= 4 is 23.4 Å². The van der Waals surface area contributed by atoms with E-state index in [0.29, 0.717) is 11.4 Å². The zero-order valence-corrected chi connectivity index (χ0v) is 12.8. The van der Waals surface area contributed by atoms with Crippen LogP contribution >= 0.6 is 11.8 Å². The van der Waals surface area contributed by atoms with Crippen LogP contribution in [0.5, 0.6) is 5.75 Å². The Hall–Kier alpha value is -2.18. The molecule has 2 aromatic carbocycles. The monoisotopic (exact) mass is 319 g/mol. The van der Waals surface area contributed by atoms with Gasteiger partial charge in [-0.25, -0.2) is 4.79 Å². The van der Waals surface area contributed by atoms with Crippen molar-refractivity contribution in [1.29, 1.82) is 0 Å². The van der Waals surface area contributed by atoms with Gasteiger partial charge in [-0.15, -0.1) is 11.8 Å². The topological polar surface area (TPSA) is 92.8 Å². The Morgan fingerprint density at radius 1 is 1.27 bits per heavy atom. The number of aliphatic hydroxyl groups is 1. The second kappa shape index (κ2) is 6.72. The van der Waals surface area contributed by atoms with Gasteiger partial charge >= 0.3 is 5.97 Å². The highest BCUT2D eigenvalue weighted by Crippen LogP contribution is 2.33. The van der Waals surface area contributed by atoms with Crippen LogP contribution in [-0.4, -0.2) is 29.0 Å². The SMILES string of the molecule is COc1cccc(C(O)(CSc2ccccc2N)C(=O)O)c1. The van der Waals surface area contributed by atoms with E-state index in [0.717, 1.165) is 4.90 Å². The number of ether oxygens (including phenoxy) is 1. The van der Waals surface area contributed by atoms with Crippen molar-refractivity contribution in [1.82, 2.24) is 0 Å². The fraction of sp³-hybridized carbons (Fsp3) is 0.188. The van der Waals surface area contributed by atoms with E-state index in [4.69, 9.17) is 10.5 Å². The molecule has 0 heterocycles. The molecule has 2 rings (SSSR count). The van der Waals surface area contributed by atoms with Gasteiger partial charge < -0.3 is 20.7 Å². The Balaban J connectivity index is 2.28. The minimum absolute atomic E-state index is 0.0658. The van der Waals surface area contributed by atoms with Gasteiger partial charge in [0.05, 0.1) is 7.11 Å². The molecule has 0 amide bonds. The molecule has 116 valence electrons. The number of anilines is 1. The van der Waals surface area contributed by atoms with E-state index < -0.39 is 11.6 Å². The molecular formula is C16H17NO4S. The number of rotatable bonds is 6. The fourth-order valence-electron chi connectivity index (χ4n) is 1.94. The standard InChI is InChI=1S/C16H17NO4S/c1-21-12-6-4-5-11(9-12)16(20,15(18)19)10-22-14-8-3-2-7-13(14)17/h2-9,20H,10,17H2,1H3,(H,18,19). The van der Waals surface area contributed by atoms with Crippen molar-refractivity contribution in [3.63, 3.8) is 0 Å². The van der Waals surface area contributed by atoms with Crippen LogP contribution in [0.2, 0.25) is 0 Å². The molecule has 0 spiro atoms. The van der Waals surface area contributed by atoms with Gasteiger partial charge in [-0.1, -0.05) is 24.3 Å². The predicted molar refractivity (Wildman–Crippen MR) is 86.1 cm³/mol. The average molecular weight is 319 g/mol. The summed E-state index contributed by atoms with van der Waals surface area (Å²) in [6.07, 6.45) is 0. The van der Waals surface area contributed by atoms with Crippen LogP contribution in [0.15, 0.2) is 53.4 Å². The normalized spacial score (nSPS) is 13.4. The van der Waals surface area contributed by atoms with Gasteiger partial charge in [-0.2, -0.15) is 0 Å². The van der Waals surface area contributed by atoms with Crippen molar-refractivity contribution in [2.45, 2.75) is 10.5 Å². The molecular weight excluding hydrogens is 302 g/mol. The number of hydrogen-bond donors (Lipinski definition) is 3. The number of methoxy groups -OCH3 is 1. The predicted octanol–water partition coefficient (Wildman–Crippen LogP) is 2.34. The van der Waals surface area contributed by atoms with E-state index in [-0.39, 0.29) is 11.3 Å². The molecule has 0 aliphatic heterocycles. The summed E-state index contributed by atoms with van der Waals surface area (Å²) in [6.45, 7) is 0. The maximum Gasteiger partial charge on any atom is 0.341 e. The van der Waals surface area contributed by atoms with E-state index in [1.54, 1.807) is 36.4 Å². The number of hydrogen-bond acceptors (Lipinski definition) is 5. The zero-order valence-electron chi connectivity index (χ0n) is 12.0. The smallest absolute Gasteiger partial charge is 0.341 e. The van der Waals surface area contributed by atoms with Gasteiger partial charge in [0.25, 0.3) is 0 Å². The number of carbonyl (C=O) groups is 1. The second-order valence-electron chi connectivity index (χ2n) is 4.72. The van der Waals surface area contributed by atoms with Gasteiger partial charge in [-0.05, 0) is 29.8 Å². The van der Waals surface area contributed by atoms with E-state index in [9.17, 15) is 15.0 Å². The van der Waals surface area contributed by atoms with Crippen molar-refractivity contribution in [3.8, 4) is 5.75 Å². The molecule has 2 aromatic rings. The molecule has 1 unspecified atom stereocenters. The minimum atomic E-state index is -2.03. The third-order valence-corrected chi connectivity index (χ3v) is 4.50. The lowest BCUT2D eigenvalue weighted by molar-refractivity contribution is -0.157. The Morgan fingerprint density at radius 3 is 2.64 bits per heavy atom. The number of nitrogens with two attached hydrogens (primary N) is 1. The summed E-state index contributed by atoms with van der Waals surface area (Å²) in [6, 6.07) is 13.5. The van der Waals surface area contributed by atoms with Gasteiger partial charge in [0.2, 0.25) is 0 Å². The summed E-state index contributed by atoms with van der Waals surface area (Å²) >= 11 is 1.19. The van der Waals surface area contributed by atoms with Gasteiger partial charge in [0.15, 0.2) is 5.60 Å². The molecule has 0 radical (unpaired) electrons. The lowest BCUT2D eigenvalue weighted by Crippen LogP contribution is -2.38. The molecule has 4 N–H and O–H groups in total. The maximum atomic E-state index is 11.6. The summed E-state index contributed by atoms with van der Waals surface area (Å²) in [5.74, 6) is -0.895. The van der Waals surface area contributed by atoms with Crippen LogP contribution in [0.3, 0.4) is 0 Å². The fourth-order valence-corrected chi connectivity index (χ4v) is 3.01. The average Bonchev–Trinajstić information content (AvgIpc) is 2.53. The Morgan fingerprint density at radius 2 is 2.00 bits per heavy atom. The van der Waals surface area contributed by atoms with Crippen molar-refractivity contribution in [2.24, 2.45) is 0 Å². The molecule has 5 nitrogen and oxygen atoms in total. The third-order valence-electron chi connectivity index (χ3n) is 3.26. The molecule has 0 aliphatic carbocycles. The van der Waals surface area contributed by atoms with Crippen molar-refractivity contribution < 1.29 is 19.7 Å². The lowest BCUT2D eigenvalue weighted by Gasteiger charge is -2.24. The maximum absolute atomic E-state index is 11.6. The first-order valence-electron chi connectivity index (χ1n) is 6.55. The van der Waals surface area contributed by atoms with E-state index in [1.807, 2.05) is 6.07 Å².